The molecule has 7 heteroatoms. The van der Waals surface area contributed by atoms with Gasteiger partial charge in [-0.15, -0.1) is 0 Å². The van der Waals surface area contributed by atoms with Crippen LogP contribution in [0.25, 0.3) is 22.8 Å². The third kappa shape index (κ3) is 2.38. The predicted molar refractivity (Wildman–Crippen MR) is 85.3 cm³/mol. The van der Waals surface area contributed by atoms with Crippen molar-refractivity contribution in [2.75, 3.05) is 7.11 Å². The Bertz CT molecular complexity index is 926. The second kappa shape index (κ2) is 5.59. The summed E-state index contributed by atoms with van der Waals surface area (Å²) in [6.45, 7) is 0. The maximum absolute atomic E-state index is 11.7. The van der Waals surface area contributed by atoms with Gasteiger partial charge in [-0.05, 0) is 37.0 Å². The highest BCUT2D eigenvalue weighted by Crippen LogP contribution is 2.27. The van der Waals surface area contributed by atoms with E-state index in [2.05, 4.69) is 21.2 Å². The van der Waals surface area contributed by atoms with Gasteiger partial charge < -0.3 is 13.8 Å². The van der Waals surface area contributed by atoms with Crippen molar-refractivity contribution in [3.8, 4) is 22.8 Å². The normalized spacial score (nSPS) is 13.1. The van der Waals surface area contributed by atoms with Gasteiger partial charge in [0.25, 0.3) is 5.89 Å². The molecule has 3 heterocycles. The van der Waals surface area contributed by atoms with Gasteiger partial charge in [-0.25, -0.2) is 4.79 Å². The summed E-state index contributed by atoms with van der Waals surface area (Å²) in [6.07, 6.45) is 6.75. The number of ether oxygens (including phenoxy) is 1. The smallest absolute Gasteiger partial charge is 0.354 e. The van der Waals surface area contributed by atoms with Gasteiger partial charge in [0.2, 0.25) is 5.82 Å². The van der Waals surface area contributed by atoms with Crippen LogP contribution >= 0.6 is 0 Å². The number of carbonyl (C=O) groups excluding carboxylic acids is 1. The number of aromatic nitrogens is 4. The molecule has 0 radical (unpaired) electrons. The summed E-state index contributed by atoms with van der Waals surface area (Å²) < 4.78 is 11.8. The molecule has 7 nitrogen and oxygen atoms in total. The molecule has 0 aromatic carbocycles. The quantitative estimate of drug-likeness (QED) is 0.688. The number of hydrogen-bond acceptors (Lipinski definition) is 6. The molecule has 3 aromatic heterocycles. The molecule has 0 saturated carbocycles. The number of aryl methyl sites for hydroxylation is 3. The average molecular weight is 324 g/mol. The Labute approximate surface area is 138 Å². The number of pyridine rings is 1. The maximum atomic E-state index is 11.7. The van der Waals surface area contributed by atoms with Gasteiger partial charge >= 0.3 is 5.97 Å². The Morgan fingerprint density at radius 2 is 2.17 bits per heavy atom. The molecule has 0 N–H and O–H groups in total. The van der Waals surface area contributed by atoms with Crippen molar-refractivity contribution in [1.82, 2.24) is 19.7 Å². The lowest BCUT2D eigenvalue weighted by atomic mass is 10.1. The van der Waals surface area contributed by atoms with Crippen LogP contribution in [0.5, 0.6) is 0 Å². The van der Waals surface area contributed by atoms with Crippen LogP contribution in [-0.2, 0) is 24.6 Å². The highest BCUT2D eigenvalue weighted by Gasteiger charge is 2.19. The zero-order valence-electron chi connectivity index (χ0n) is 13.4. The van der Waals surface area contributed by atoms with Crippen LogP contribution in [0, 0.1) is 0 Å². The monoisotopic (exact) mass is 324 g/mol. The van der Waals surface area contributed by atoms with Gasteiger partial charge in [0.05, 0.1) is 12.7 Å². The van der Waals surface area contributed by atoms with Crippen LogP contribution in [-0.4, -0.2) is 32.8 Å². The first-order valence-electron chi connectivity index (χ1n) is 7.72. The third-order valence-corrected chi connectivity index (χ3v) is 4.25. The van der Waals surface area contributed by atoms with E-state index in [0.717, 1.165) is 30.5 Å². The number of rotatable bonds is 3. The average Bonchev–Trinajstić information content (AvgIpc) is 3.32. The van der Waals surface area contributed by atoms with Crippen LogP contribution < -0.4 is 0 Å². The second-order valence-corrected chi connectivity index (χ2v) is 5.82. The maximum Gasteiger partial charge on any atom is 0.354 e. The molecule has 0 bridgehead atoms. The minimum Gasteiger partial charge on any atom is -0.464 e. The second-order valence-electron chi connectivity index (χ2n) is 5.82. The van der Waals surface area contributed by atoms with E-state index < -0.39 is 5.97 Å². The van der Waals surface area contributed by atoms with E-state index >= 15 is 0 Å². The van der Waals surface area contributed by atoms with Gasteiger partial charge in [0.1, 0.15) is 5.69 Å². The molecule has 0 saturated heterocycles. The highest BCUT2D eigenvalue weighted by atomic mass is 16.5. The van der Waals surface area contributed by atoms with E-state index in [1.165, 1.54) is 12.7 Å². The van der Waals surface area contributed by atoms with E-state index in [4.69, 9.17) is 9.26 Å². The van der Waals surface area contributed by atoms with Crippen LogP contribution in [0.2, 0.25) is 0 Å². The van der Waals surface area contributed by atoms with Gasteiger partial charge in [0, 0.05) is 30.7 Å². The molecule has 24 heavy (non-hydrogen) atoms. The molecule has 3 aromatic rings. The molecule has 0 atom stereocenters. The Balaban J connectivity index is 1.67. The SMILES string of the molecule is COC(=O)c1cc(-c2noc(-c3cnc4c(c3)CCC4)n2)cn1C. The van der Waals surface area contributed by atoms with E-state index in [9.17, 15) is 4.79 Å². The van der Waals surface area contributed by atoms with Crippen molar-refractivity contribution in [3.63, 3.8) is 0 Å². The van der Waals surface area contributed by atoms with Crippen LogP contribution in [0.1, 0.15) is 28.2 Å². The largest absolute Gasteiger partial charge is 0.464 e. The Hall–Kier alpha value is -2.96. The van der Waals surface area contributed by atoms with Crippen LogP contribution in [0.3, 0.4) is 0 Å². The van der Waals surface area contributed by atoms with Crippen molar-refractivity contribution >= 4 is 5.97 Å². The number of esters is 1. The zero-order chi connectivity index (χ0) is 16.7. The fraction of sp³-hybridized carbons (Fsp3) is 0.294. The van der Waals surface area contributed by atoms with Crippen molar-refractivity contribution in [2.24, 2.45) is 7.05 Å². The molecule has 0 aliphatic heterocycles. The van der Waals surface area contributed by atoms with Crippen molar-refractivity contribution in [3.05, 3.63) is 41.5 Å². The summed E-state index contributed by atoms with van der Waals surface area (Å²) in [6, 6.07) is 3.75. The summed E-state index contributed by atoms with van der Waals surface area (Å²) >= 11 is 0. The van der Waals surface area contributed by atoms with Crippen molar-refractivity contribution in [2.45, 2.75) is 19.3 Å². The molecule has 0 spiro atoms. The molecular formula is C17H16N4O3. The zero-order valence-corrected chi connectivity index (χ0v) is 13.4. The summed E-state index contributed by atoms with van der Waals surface area (Å²) in [4.78, 5) is 20.6. The first-order valence-corrected chi connectivity index (χ1v) is 7.72. The Morgan fingerprint density at radius 3 is 3.00 bits per heavy atom. The number of fused-ring (bicyclic) bond motifs is 1. The fourth-order valence-electron chi connectivity index (χ4n) is 3.00. The fourth-order valence-corrected chi connectivity index (χ4v) is 3.00. The molecule has 4 rings (SSSR count). The lowest BCUT2D eigenvalue weighted by Gasteiger charge is -1.99. The number of hydrogen-bond donors (Lipinski definition) is 0. The molecule has 0 amide bonds. The minimum absolute atomic E-state index is 0.407. The molecule has 122 valence electrons. The summed E-state index contributed by atoms with van der Waals surface area (Å²) in [5, 5.41) is 4.02. The predicted octanol–water partition coefficient (Wildman–Crippen LogP) is 2.41. The summed E-state index contributed by atoms with van der Waals surface area (Å²) in [5.41, 5.74) is 4.35. The first-order chi connectivity index (χ1) is 11.7. The van der Waals surface area contributed by atoms with Crippen molar-refractivity contribution < 1.29 is 14.1 Å². The van der Waals surface area contributed by atoms with E-state index in [0.29, 0.717) is 23.0 Å². The van der Waals surface area contributed by atoms with E-state index in [-0.39, 0.29) is 0 Å². The Kier molecular flexibility index (Phi) is 3.41. The molecule has 1 aliphatic rings. The van der Waals surface area contributed by atoms with Gasteiger partial charge in [0.15, 0.2) is 0 Å². The highest BCUT2D eigenvalue weighted by molar-refractivity contribution is 5.89. The first kappa shape index (κ1) is 14.6. The van der Waals surface area contributed by atoms with Gasteiger partial charge in [-0.3, -0.25) is 4.98 Å². The summed E-state index contributed by atoms with van der Waals surface area (Å²) in [7, 11) is 3.11. The minimum atomic E-state index is -0.407. The van der Waals surface area contributed by atoms with Crippen LogP contribution in [0.15, 0.2) is 29.0 Å². The van der Waals surface area contributed by atoms with E-state index in [1.54, 1.807) is 30.1 Å². The lowest BCUT2D eigenvalue weighted by molar-refractivity contribution is 0.0590. The van der Waals surface area contributed by atoms with E-state index in [1.807, 2.05) is 0 Å². The Morgan fingerprint density at radius 1 is 1.29 bits per heavy atom. The molecule has 0 unspecified atom stereocenters. The van der Waals surface area contributed by atoms with Crippen LogP contribution in [0.4, 0.5) is 0 Å². The van der Waals surface area contributed by atoms with Gasteiger partial charge in [-0.2, -0.15) is 4.98 Å². The molecular weight excluding hydrogens is 308 g/mol. The number of carbonyl (C=O) groups is 1. The number of nitrogens with zero attached hydrogens (tertiary/aromatic N) is 4. The topological polar surface area (TPSA) is 83.0 Å². The standard InChI is InChI=1S/C17H16N4O3/c1-21-9-12(7-14(21)17(22)23-2)15-19-16(24-20-15)11-6-10-4-3-5-13(10)18-8-11/h6-9H,3-5H2,1-2H3. The summed E-state index contributed by atoms with van der Waals surface area (Å²) in [5.74, 6) is 0.446. The lowest BCUT2D eigenvalue weighted by Crippen LogP contribution is -2.06. The van der Waals surface area contributed by atoms with Gasteiger partial charge in [-0.1, -0.05) is 5.16 Å². The third-order valence-electron chi connectivity index (χ3n) is 4.25. The number of methoxy groups -OCH3 is 1. The van der Waals surface area contributed by atoms with Crippen molar-refractivity contribution in [1.29, 1.82) is 0 Å². The molecule has 0 fully saturated rings. The molecule has 1 aliphatic carbocycles.